The van der Waals surface area contributed by atoms with Crippen molar-refractivity contribution in [2.24, 2.45) is 11.8 Å². The summed E-state index contributed by atoms with van der Waals surface area (Å²) in [5.41, 5.74) is 0. The maximum absolute atomic E-state index is 8.57. The van der Waals surface area contributed by atoms with Gasteiger partial charge in [-0.3, -0.25) is 0 Å². The molecular weight excluding hydrogens is 140 g/mol. The van der Waals surface area contributed by atoms with E-state index in [1.165, 1.54) is 19.3 Å². The van der Waals surface area contributed by atoms with E-state index in [0.29, 0.717) is 13.2 Å². The van der Waals surface area contributed by atoms with Crippen LogP contribution >= 0.6 is 0 Å². The Kier molecular flexibility index (Phi) is 3.87. The van der Waals surface area contributed by atoms with Gasteiger partial charge in [0.1, 0.15) is 0 Å². The first-order chi connectivity index (χ1) is 5.38. The average Bonchev–Trinajstić information content (AvgIpc) is 2.76. The zero-order valence-electron chi connectivity index (χ0n) is 7.00. The van der Waals surface area contributed by atoms with Crippen molar-refractivity contribution < 1.29 is 10.2 Å². The SMILES string of the molecule is OCCCC1CC1CCCO. The maximum Gasteiger partial charge on any atom is 0.0431 e. The molecular formula is C9H18O2. The lowest BCUT2D eigenvalue weighted by molar-refractivity contribution is 0.273. The van der Waals surface area contributed by atoms with Gasteiger partial charge < -0.3 is 10.2 Å². The fourth-order valence-corrected chi connectivity index (χ4v) is 1.72. The second kappa shape index (κ2) is 4.73. The smallest absolute Gasteiger partial charge is 0.0431 e. The molecule has 2 atom stereocenters. The lowest BCUT2D eigenvalue weighted by Gasteiger charge is -1.96. The Hall–Kier alpha value is -0.0800. The molecule has 0 spiro atoms. The molecule has 0 heterocycles. The molecule has 0 aromatic carbocycles. The van der Waals surface area contributed by atoms with Crippen LogP contribution < -0.4 is 0 Å². The third-order valence-corrected chi connectivity index (χ3v) is 2.54. The van der Waals surface area contributed by atoms with Gasteiger partial charge in [-0.2, -0.15) is 0 Å². The summed E-state index contributed by atoms with van der Waals surface area (Å²) in [4.78, 5) is 0. The maximum atomic E-state index is 8.57. The molecule has 0 saturated heterocycles. The Morgan fingerprint density at radius 1 is 0.909 bits per heavy atom. The molecule has 1 aliphatic rings. The lowest BCUT2D eigenvalue weighted by atomic mass is 10.1. The van der Waals surface area contributed by atoms with Gasteiger partial charge in [0.2, 0.25) is 0 Å². The third kappa shape index (κ3) is 3.21. The summed E-state index contributed by atoms with van der Waals surface area (Å²) in [7, 11) is 0. The topological polar surface area (TPSA) is 40.5 Å². The van der Waals surface area contributed by atoms with Gasteiger partial charge in [-0.1, -0.05) is 0 Å². The fourth-order valence-electron chi connectivity index (χ4n) is 1.72. The molecule has 0 bridgehead atoms. The van der Waals surface area contributed by atoms with E-state index in [-0.39, 0.29) is 0 Å². The highest BCUT2D eigenvalue weighted by molar-refractivity contribution is 4.85. The predicted molar refractivity (Wildman–Crippen MR) is 44.2 cm³/mol. The molecule has 0 aliphatic heterocycles. The van der Waals surface area contributed by atoms with Crippen molar-refractivity contribution in [3.63, 3.8) is 0 Å². The Bertz CT molecular complexity index is 91.7. The fraction of sp³-hybridized carbons (Fsp3) is 1.00. The lowest BCUT2D eigenvalue weighted by Crippen LogP contribution is -1.89. The molecule has 2 nitrogen and oxygen atoms in total. The van der Waals surface area contributed by atoms with Gasteiger partial charge >= 0.3 is 0 Å². The molecule has 0 aromatic rings. The number of rotatable bonds is 6. The first kappa shape index (κ1) is 9.01. The van der Waals surface area contributed by atoms with Gasteiger partial charge in [-0.05, 0) is 43.9 Å². The summed E-state index contributed by atoms with van der Waals surface area (Å²) in [6.45, 7) is 0.673. The molecule has 1 fully saturated rings. The minimum atomic E-state index is 0.337. The van der Waals surface area contributed by atoms with E-state index >= 15 is 0 Å². The minimum Gasteiger partial charge on any atom is -0.396 e. The molecule has 0 amide bonds. The zero-order chi connectivity index (χ0) is 8.10. The van der Waals surface area contributed by atoms with Crippen LogP contribution in [-0.2, 0) is 0 Å². The van der Waals surface area contributed by atoms with Crippen LogP contribution in [0.3, 0.4) is 0 Å². The molecule has 66 valence electrons. The Labute approximate surface area is 68.2 Å². The van der Waals surface area contributed by atoms with Crippen LogP contribution in [0.1, 0.15) is 32.1 Å². The highest BCUT2D eigenvalue weighted by Crippen LogP contribution is 2.44. The van der Waals surface area contributed by atoms with Crippen LogP contribution in [0.5, 0.6) is 0 Å². The van der Waals surface area contributed by atoms with Crippen molar-refractivity contribution in [3.05, 3.63) is 0 Å². The van der Waals surface area contributed by atoms with Gasteiger partial charge in [0.05, 0.1) is 0 Å². The van der Waals surface area contributed by atoms with Crippen LogP contribution in [0.15, 0.2) is 0 Å². The molecule has 0 aromatic heterocycles. The average molecular weight is 158 g/mol. The summed E-state index contributed by atoms with van der Waals surface area (Å²) in [5.74, 6) is 1.74. The Balaban J connectivity index is 1.89. The van der Waals surface area contributed by atoms with Crippen LogP contribution in [0.4, 0.5) is 0 Å². The second-order valence-electron chi connectivity index (χ2n) is 3.49. The number of hydrogen-bond acceptors (Lipinski definition) is 2. The van der Waals surface area contributed by atoms with E-state index in [4.69, 9.17) is 10.2 Å². The van der Waals surface area contributed by atoms with E-state index in [1.807, 2.05) is 0 Å². The summed E-state index contributed by atoms with van der Waals surface area (Å²) < 4.78 is 0. The van der Waals surface area contributed by atoms with E-state index in [1.54, 1.807) is 0 Å². The molecule has 1 rings (SSSR count). The molecule has 2 N–H and O–H groups in total. The largest absolute Gasteiger partial charge is 0.396 e. The number of hydrogen-bond donors (Lipinski definition) is 2. The van der Waals surface area contributed by atoms with Crippen molar-refractivity contribution in [2.75, 3.05) is 13.2 Å². The molecule has 11 heavy (non-hydrogen) atoms. The zero-order valence-corrected chi connectivity index (χ0v) is 7.00. The van der Waals surface area contributed by atoms with Crippen molar-refractivity contribution in [2.45, 2.75) is 32.1 Å². The van der Waals surface area contributed by atoms with E-state index in [2.05, 4.69) is 0 Å². The second-order valence-corrected chi connectivity index (χ2v) is 3.49. The van der Waals surface area contributed by atoms with E-state index < -0.39 is 0 Å². The predicted octanol–water partition coefficient (Wildman–Crippen LogP) is 1.17. The van der Waals surface area contributed by atoms with Crippen molar-refractivity contribution in [1.82, 2.24) is 0 Å². The van der Waals surface area contributed by atoms with E-state index in [0.717, 1.165) is 24.7 Å². The van der Waals surface area contributed by atoms with Crippen LogP contribution in [0.25, 0.3) is 0 Å². The minimum absolute atomic E-state index is 0.337. The summed E-state index contributed by atoms with van der Waals surface area (Å²) in [6.07, 6.45) is 5.62. The Morgan fingerprint density at radius 3 is 1.73 bits per heavy atom. The molecule has 1 saturated carbocycles. The number of aliphatic hydroxyl groups is 2. The van der Waals surface area contributed by atoms with Crippen molar-refractivity contribution >= 4 is 0 Å². The van der Waals surface area contributed by atoms with Gasteiger partial charge in [0.25, 0.3) is 0 Å². The summed E-state index contributed by atoms with van der Waals surface area (Å²) >= 11 is 0. The molecule has 2 heteroatoms. The highest BCUT2D eigenvalue weighted by atomic mass is 16.3. The Morgan fingerprint density at radius 2 is 1.36 bits per heavy atom. The first-order valence-corrected chi connectivity index (χ1v) is 4.60. The van der Waals surface area contributed by atoms with Gasteiger partial charge in [0.15, 0.2) is 0 Å². The summed E-state index contributed by atoms with van der Waals surface area (Å²) in [6, 6.07) is 0. The van der Waals surface area contributed by atoms with Gasteiger partial charge in [0, 0.05) is 13.2 Å². The van der Waals surface area contributed by atoms with Gasteiger partial charge in [-0.25, -0.2) is 0 Å². The van der Waals surface area contributed by atoms with Crippen LogP contribution in [0.2, 0.25) is 0 Å². The third-order valence-electron chi connectivity index (χ3n) is 2.54. The van der Waals surface area contributed by atoms with Gasteiger partial charge in [-0.15, -0.1) is 0 Å². The molecule has 1 aliphatic carbocycles. The first-order valence-electron chi connectivity index (χ1n) is 4.60. The van der Waals surface area contributed by atoms with Crippen LogP contribution in [-0.4, -0.2) is 23.4 Å². The monoisotopic (exact) mass is 158 g/mol. The molecule has 2 unspecified atom stereocenters. The quantitative estimate of drug-likeness (QED) is 0.609. The van der Waals surface area contributed by atoms with Crippen molar-refractivity contribution in [1.29, 1.82) is 0 Å². The van der Waals surface area contributed by atoms with E-state index in [9.17, 15) is 0 Å². The standard InChI is InChI=1S/C9H18O2/c10-5-1-3-8-7-9(8)4-2-6-11/h8-11H,1-7H2. The van der Waals surface area contributed by atoms with Crippen LogP contribution in [0, 0.1) is 11.8 Å². The normalized spacial score (nSPS) is 28.9. The highest BCUT2D eigenvalue weighted by Gasteiger charge is 2.34. The number of aliphatic hydroxyl groups excluding tert-OH is 2. The van der Waals surface area contributed by atoms with Crippen molar-refractivity contribution in [3.8, 4) is 0 Å². The summed E-state index contributed by atoms with van der Waals surface area (Å²) in [5, 5.41) is 17.1. The molecule has 0 radical (unpaired) electrons.